The summed E-state index contributed by atoms with van der Waals surface area (Å²) < 4.78 is 0. The zero-order valence-corrected chi connectivity index (χ0v) is 15.4. The SMILES string of the molecule is NC(Cc1ccc(N2CCC(O)CC2=O)cc1)C(=O)Nc1ccc(C=O)cc1. The van der Waals surface area contributed by atoms with Gasteiger partial charge >= 0.3 is 0 Å². The Morgan fingerprint density at radius 2 is 1.89 bits per heavy atom. The molecule has 0 aromatic heterocycles. The Labute approximate surface area is 163 Å². The highest BCUT2D eigenvalue weighted by atomic mass is 16.3. The Bertz CT molecular complexity index is 849. The molecule has 2 aromatic rings. The van der Waals surface area contributed by atoms with Crippen molar-refractivity contribution >= 4 is 29.5 Å². The average molecular weight is 381 g/mol. The fourth-order valence-corrected chi connectivity index (χ4v) is 3.13. The van der Waals surface area contributed by atoms with Crippen LogP contribution in [0.5, 0.6) is 0 Å². The minimum atomic E-state index is -0.733. The van der Waals surface area contributed by atoms with Crippen LogP contribution in [0.25, 0.3) is 0 Å². The van der Waals surface area contributed by atoms with E-state index >= 15 is 0 Å². The Kier molecular flexibility index (Phi) is 6.18. The van der Waals surface area contributed by atoms with E-state index in [1.165, 1.54) is 0 Å². The molecule has 7 heteroatoms. The third-order valence-electron chi connectivity index (χ3n) is 4.75. The molecule has 1 heterocycles. The van der Waals surface area contributed by atoms with Crippen molar-refractivity contribution in [2.75, 3.05) is 16.8 Å². The number of aldehydes is 1. The van der Waals surface area contributed by atoms with Gasteiger partial charge in [-0.25, -0.2) is 0 Å². The smallest absolute Gasteiger partial charge is 0.241 e. The molecule has 0 radical (unpaired) electrons. The highest BCUT2D eigenvalue weighted by molar-refractivity contribution is 5.95. The molecule has 1 saturated heterocycles. The molecule has 0 aliphatic carbocycles. The number of nitrogens with two attached hydrogens (primary N) is 1. The molecule has 1 aliphatic heterocycles. The van der Waals surface area contributed by atoms with E-state index in [4.69, 9.17) is 5.73 Å². The molecule has 2 amide bonds. The summed E-state index contributed by atoms with van der Waals surface area (Å²) in [5.41, 5.74) is 8.77. The van der Waals surface area contributed by atoms with Crippen molar-refractivity contribution in [2.45, 2.75) is 31.4 Å². The molecule has 0 bridgehead atoms. The van der Waals surface area contributed by atoms with Gasteiger partial charge in [-0.1, -0.05) is 12.1 Å². The number of benzene rings is 2. The molecule has 7 nitrogen and oxygen atoms in total. The first-order valence-corrected chi connectivity index (χ1v) is 9.15. The number of amides is 2. The largest absolute Gasteiger partial charge is 0.393 e. The van der Waals surface area contributed by atoms with Crippen LogP contribution in [-0.2, 0) is 16.0 Å². The number of rotatable bonds is 6. The lowest BCUT2D eigenvalue weighted by atomic mass is 10.0. The fourth-order valence-electron chi connectivity index (χ4n) is 3.13. The molecule has 2 atom stereocenters. The van der Waals surface area contributed by atoms with E-state index in [0.29, 0.717) is 30.6 Å². The lowest BCUT2D eigenvalue weighted by Gasteiger charge is -2.29. The average Bonchev–Trinajstić information content (AvgIpc) is 2.69. The van der Waals surface area contributed by atoms with Gasteiger partial charge in [-0.15, -0.1) is 0 Å². The van der Waals surface area contributed by atoms with Crippen LogP contribution in [0.4, 0.5) is 11.4 Å². The number of hydrogen-bond donors (Lipinski definition) is 3. The lowest BCUT2D eigenvalue weighted by molar-refractivity contribution is -0.122. The van der Waals surface area contributed by atoms with Crippen molar-refractivity contribution in [1.82, 2.24) is 0 Å². The van der Waals surface area contributed by atoms with Gasteiger partial charge in [0.1, 0.15) is 6.29 Å². The van der Waals surface area contributed by atoms with Crippen LogP contribution in [0.2, 0.25) is 0 Å². The standard InChI is InChI=1S/C21H23N3O4/c22-19(21(28)23-16-5-1-15(13-25)2-6-16)11-14-3-7-17(8-4-14)24-10-9-18(26)12-20(24)27/h1-8,13,18-19,26H,9-12,22H2,(H,23,28). The summed E-state index contributed by atoms with van der Waals surface area (Å²) in [5, 5.41) is 12.3. The number of nitrogens with one attached hydrogen (secondary N) is 1. The minimum absolute atomic E-state index is 0.0943. The predicted octanol–water partition coefficient (Wildman–Crippen LogP) is 1.50. The van der Waals surface area contributed by atoms with Crippen LogP contribution in [-0.4, -0.2) is 41.9 Å². The second-order valence-electron chi connectivity index (χ2n) is 6.90. The van der Waals surface area contributed by atoms with Crippen molar-refractivity contribution in [1.29, 1.82) is 0 Å². The number of piperidine rings is 1. The zero-order chi connectivity index (χ0) is 20.1. The van der Waals surface area contributed by atoms with Crippen LogP contribution in [0.1, 0.15) is 28.8 Å². The van der Waals surface area contributed by atoms with Crippen LogP contribution >= 0.6 is 0 Å². The topological polar surface area (TPSA) is 113 Å². The zero-order valence-electron chi connectivity index (χ0n) is 15.4. The van der Waals surface area contributed by atoms with Gasteiger partial charge in [0.2, 0.25) is 11.8 Å². The van der Waals surface area contributed by atoms with Crippen molar-refractivity contribution in [3.63, 3.8) is 0 Å². The maximum absolute atomic E-state index is 12.3. The van der Waals surface area contributed by atoms with Crippen molar-refractivity contribution in [3.05, 3.63) is 59.7 Å². The Balaban J connectivity index is 1.57. The molecule has 2 unspecified atom stereocenters. The van der Waals surface area contributed by atoms with E-state index in [1.54, 1.807) is 29.2 Å². The second-order valence-corrected chi connectivity index (χ2v) is 6.90. The van der Waals surface area contributed by atoms with E-state index in [-0.39, 0.29) is 18.2 Å². The molecule has 2 aromatic carbocycles. The van der Waals surface area contributed by atoms with Gasteiger partial charge in [0, 0.05) is 23.5 Å². The quantitative estimate of drug-likeness (QED) is 0.656. The lowest BCUT2D eigenvalue weighted by Crippen LogP contribution is -2.40. The third kappa shape index (κ3) is 4.82. The Hall–Kier alpha value is -3.03. The number of nitrogens with zero attached hydrogens (tertiary/aromatic N) is 1. The van der Waals surface area contributed by atoms with Crippen LogP contribution in [0, 0.1) is 0 Å². The van der Waals surface area contributed by atoms with Crippen molar-refractivity contribution < 1.29 is 19.5 Å². The number of carbonyl (C=O) groups is 3. The number of aliphatic hydroxyl groups excluding tert-OH is 1. The summed E-state index contributed by atoms with van der Waals surface area (Å²) >= 11 is 0. The van der Waals surface area contributed by atoms with Crippen LogP contribution in [0.3, 0.4) is 0 Å². The molecule has 1 aliphatic rings. The predicted molar refractivity (Wildman–Crippen MR) is 106 cm³/mol. The maximum Gasteiger partial charge on any atom is 0.241 e. The van der Waals surface area contributed by atoms with Crippen LogP contribution in [0.15, 0.2) is 48.5 Å². The molecule has 146 valence electrons. The molecule has 0 saturated carbocycles. The Morgan fingerprint density at radius 3 is 2.50 bits per heavy atom. The van der Waals surface area contributed by atoms with Gasteiger partial charge in [0.15, 0.2) is 0 Å². The van der Waals surface area contributed by atoms with Crippen molar-refractivity contribution in [3.8, 4) is 0 Å². The first-order chi connectivity index (χ1) is 13.5. The fraction of sp³-hybridized carbons (Fsp3) is 0.286. The highest BCUT2D eigenvalue weighted by Gasteiger charge is 2.25. The first-order valence-electron chi connectivity index (χ1n) is 9.15. The number of aliphatic hydroxyl groups is 1. The van der Waals surface area contributed by atoms with E-state index in [1.807, 2.05) is 24.3 Å². The monoisotopic (exact) mass is 381 g/mol. The first kappa shape index (κ1) is 19.7. The van der Waals surface area contributed by atoms with E-state index in [2.05, 4.69) is 5.32 Å². The third-order valence-corrected chi connectivity index (χ3v) is 4.75. The summed E-state index contributed by atoms with van der Waals surface area (Å²) in [7, 11) is 0. The minimum Gasteiger partial charge on any atom is -0.393 e. The molecule has 4 N–H and O–H groups in total. The van der Waals surface area contributed by atoms with E-state index in [9.17, 15) is 19.5 Å². The van der Waals surface area contributed by atoms with Crippen molar-refractivity contribution in [2.24, 2.45) is 5.73 Å². The molecular weight excluding hydrogens is 358 g/mol. The maximum atomic E-state index is 12.3. The van der Waals surface area contributed by atoms with Gasteiger partial charge in [-0.2, -0.15) is 0 Å². The van der Waals surface area contributed by atoms with E-state index in [0.717, 1.165) is 17.5 Å². The number of anilines is 2. The van der Waals surface area contributed by atoms with Gasteiger partial charge < -0.3 is 21.1 Å². The summed E-state index contributed by atoms with van der Waals surface area (Å²) in [4.78, 5) is 36.6. The summed E-state index contributed by atoms with van der Waals surface area (Å²) in [6, 6.07) is 13.1. The van der Waals surface area contributed by atoms with Gasteiger partial charge in [0.05, 0.1) is 18.6 Å². The molecular formula is C21H23N3O4. The van der Waals surface area contributed by atoms with Gasteiger partial charge in [-0.05, 0) is 54.8 Å². The summed E-state index contributed by atoms with van der Waals surface area (Å²) in [6.07, 6.45) is 1.23. The van der Waals surface area contributed by atoms with E-state index < -0.39 is 12.1 Å². The van der Waals surface area contributed by atoms with Gasteiger partial charge in [-0.3, -0.25) is 14.4 Å². The number of carbonyl (C=O) groups excluding carboxylic acids is 3. The molecule has 1 fully saturated rings. The molecule has 3 rings (SSSR count). The number of hydrogen-bond acceptors (Lipinski definition) is 5. The Morgan fingerprint density at radius 1 is 1.21 bits per heavy atom. The normalized spacial score (nSPS) is 17.9. The van der Waals surface area contributed by atoms with Gasteiger partial charge in [0.25, 0.3) is 0 Å². The highest BCUT2D eigenvalue weighted by Crippen LogP contribution is 2.22. The molecule has 0 spiro atoms. The van der Waals surface area contributed by atoms with Crippen LogP contribution < -0.4 is 16.0 Å². The summed E-state index contributed by atoms with van der Waals surface area (Å²) in [5.74, 6) is -0.411. The second kappa shape index (κ2) is 8.77. The summed E-state index contributed by atoms with van der Waals surface area (Å²) in [6.45, 7) is 0.490. The molecule has 28 heavy (non-hydrogen) atoms.